The van der Waals surface area contributed by atoms with Crippen molar-refractivity contribution in [2.24, 2.45) is 0 Å². The fraction of sp³-hybridized carbons (Fsp3) is 0.857. The van der Waals surface area contributed by atoms with E-state index in [0.29, 0.717) is 6.61 Å². The largest absolute Gasteiger partial charge is 1.00 e. The number of ether oxygens (including phenoxy) is 2. The van der Waals surface area contributed by atoms with Crippen LogP contribution in [0.25, 0.3) is 0 Å². The van der Waals surface area contributed by atoms with E-state index in [1.54, 1.807) is 0 Å². The molecular formula is C14H24Na2O8S. The average molecular weight is 398 g/mol. The number of carbonyl (C=O) groups excluding carboxylic acids is 2. The standard InChI is InChI=1S/C14H26O8S.2Na/c1-2-3-4-5-6-7-8-21-9-10-22-14(17)12(11-13(15)16)23(18,19)20;;/h12H,2-11H2,1H3,(H,15,16)(H,18,19,20);;/q;2*+1/p-2. The molecule has 1 atom stereocenters. The van der Waals surface area contributed by atoms with Crippen molar-refractivity contribution >= 4 is 22.1 Å². The minimum atomic E-state index is -5.11. The number of hydrogen-bond donors (Lipinski definition) is 0. The van der Waals surface area contributed by atoms with Crippen LogP contribution < -0.4 is 64.2 Å². The maximum atomic E-state index is 11.4. The molecule has 0 aromatic carbocycles. The molecule has 1 unspecified atom stereocenters. The maximum absolute atomic E-state index is 11.4. The third-order valence-corrected chi connectivity index (χ3v) is 4.13. The van der Waals surface area contributed by atoms with Crippen molar-refractivity contribution in [1.29, 1.82) is 0 Å². The number of carboxylic acid groups (broad SMARTS) is 1. The quantitative estimate of drug-likeness (QED) is 0.122. The van der Waals surface area contributed by atoms with E-state index in [-0.39, 0.29) is 72.3 Å². The van der Waals surface area contributed by atoms with Gasteiger partial charge in [-0.1, -0.05) is 39.0 Å². The molecule has 0 aliphatic rings. The van der Waals surface area contributed by atoms with Gasteiger partial charge in [-0.15, -0.1) is 0 Å². The van der Waals surface area contributed by atoms with Crippen LogP contribution in [0.1, 0.15) is 51.9 Å². The van der Waals surface area contributed by atoms with Crippen molar-refractivity contribution in [2.75, 3.05) is 19.8 Å². The molecule has 0 fully saturated rings. The van der Waals surface area contributed by atoms with Gasteiger partial charge in [0.1, 0.15) is 16.7 Å². The smallest absolute Gasteiger partial charge is 0.747 e. The van der Waals surface area contributed by atoms with Gasteiger partial charge in [-0.25, -0.2) is 8.42 Å². The Morgan fingerprint density at radius 2 is 1.52 bits per heavy atom. The topological polar surface area (TPSA) is 133 Å². The van der Waals surface area contributed by atoms with Gasteiger partial charge in [0.05, 0.1) is 6.61 Å². The van der Waals surface area contributed by atoms with Crippen molar-refractivity contribution in [3.05, 3.63) is 0 Å². The zero-order chi connectivity index (χ0) is 17.7. The monoisotopic (exact) mass is 398 g/mol. The molecule has 0 radical (unpaired) electrons. The molecule has 0 bridgehead atoms. The number of rotatable bonds is 14. The van der Waals surface area contributed by atoms with E-state index < -0.39 is 33.7 Å². The van der Waals surface area contributed by atoms with E-state index in [1.807, 2.05) is 0 Å². The first-order chi connectivity index (χ1) is 10.8. The summed E-state index contributed by atoms with van der Waals surface area (Å²) in [6.07, 6.45) is 5.42. The molecule has 8 nitrogen and oxygen atoms in total. The zero-order valence-electron chi connectivity index (χ0n) is 15.3. The van der Waals surface area contributed by atoms with Crippen LogP contribution in [0.3, 0.4) is 0 Å². The number of carboxylic acids is 1. The molecule has 0 spiro atoms. The maximum Gasteiger partial charge on any atom is 1.00 e. The SMILES string of the molecule is CCCCCCCCOCCOC(=O)C(CC(=O)[O-])S(=O)(=O)[O-].[Na+].[Na+]. The van der Waals surface area contributed by atoms with E-state index in [4.69, 9.17) is 4.74 Å². The Bertz CT molecular complexity index is 456. The van der Waals surface area contributed by atoms with Crippen LogP contribution in [0.2, 0.25) is 0 Å². The average Bonchev–Trinajstić information content (AvgIpc) is 2.45. The van der Waals surface area contributed by atoms with Crippen LogP contribution >= 0.6 is 0 Å². The molecule has 25 heavy (non-hydrogen) atoms. The Morgan fingerprint density at radius 3 is 2.04 bits per heavy atom. The van der Waals surface area contributed by atoms with Gasteiger partial charge in [0.15, 0.2) is 5.25 Å². The zero-order valence-corrected chi connectivity index (χ0v) is 20.1. The van der Waals surface area contributed by atoms with E-state index in [9.17, 15) is 27.7 Å². The van der Waals surface area contributed by atoms with Gasteiger partial charge < -0.3 is 23.9 Å². The summed E-state index contributed by atoms with van der Waals surface area (Å²) in [7, 11) is -5.11. The summed E-state index contributed by atoms with van der Waals surface area (Å²) in [4.78, 5) is 21.8. The predicted molar refractivity (Wildman–Crippen MR) is 78.3 cm³/mol. The van der Waals surface area contributed by atoms with E-state index in [0.717, 1.165) is 19.3 Å². The summed E-state index contributed by atoms with van der Waals surface area (Å²) in [6, 6.07) is 0. The molecule has 0 aromatic rings. The first-order valence-electron chi connectivity index (χ1n) is 7.68. The summed E-state index contributed by atoms with van der Waals surface area (Å²) < 4.78 is 42.2. The van der Waals surface area contributed by atoms with Gasteiger partial charge >= 0.3 is 65.1 Å². The van der Waals surface area contributed by atoms with E-state index in [1.165, 1.54) is 19.3 Å². The molecule has 0 aliphatic heterocycles. The molecule has 11 heteroatoms. The molecule has 0 rings (SSSR count). The van der Waals surface area contributed by atoms with E-state index in [2.05, 4.69) is 11.7 Å². The Balaban J connectivity index is -0.00000242. The van der Waals surface area contributed by atoms with Crippen molar-refractivity contribution in [3.8, 4) is 0 Å². The van der Waals surface area contributed by atoms with Gasteiger partial charge in [0, 0.05) is 19.0 Å². The third-order valence-electron chi connectivity index (χ3n) is 3.08. The van der Waals surface area contributed by atoms with Gasteiger partial charge in [-0.2, -0.15) is 0 Å². The van der Waals surface area contributed by atoms with Gasteiger partial charge in [-0.05, 0) is 6.42 Å². The van der Waals surface area contributed by atoms with Crippen LogP contribution in [-0.4, -0.2) is 50.0 Å². The molecule has 0 saturated carbocycles. The summed E-state index contributed by atoms with van der Waals surface area (Å²) in [5.41, 5.74) is 0. The second-order valence-electron chi connectivity index (χ2n) is 5.11. The normalized spacial score (nSPS) is 11.8. The molecular weight excluding hydrogens is 374 g/mol. The van der Waals surface area contributed by atoms with Crippen molar-refractivity contribution in [1.82, 2.24) is 0 Å². The summed E-state index contributed by atoms with van der Waals surface area (Å²) >= 11 is 0. The van der Waals surface area contributed by atoms with Crippen LogP contribution in [0, 0.1) is 0 Å². The predicted octanol–water partition coefficient (Wildman–Crippen LogP) is -6.03. The third kappa shape index (κ3) is 18.0. The van der Waals surface area contributed by atoms with Gasteiger partial charge in [0.25, 0.3) is 0 Å². The van der Waals surface area contributed by atoms with Gasteiger partial charge in [0.2, 0.25) is 0 Å². The summed E-state index contributed by atoms with van der Waals surface area (Å²) in [5, 5.41) is 8.07. The Morgan fingerprint density at radius 1 is 0.960 bits per heavy atom. The van der Waals surface area contributed by atoms with Crippen molar-refractivity contribution in [3.63, 3.8) is 0 Å². The molecule has 136 valence electrons. The Hall–Kier alpha value is 0.810. The summed E-state index contributed by atoms with van der Waals surface area (Å²) in [6.45, 7) is 2.44. The van der Waals surface area contributed by atoms with E-state index >= 15 is 0 Å². The van der Waals surface area contributed by atoms with Crippen LogP contribution in [0.15, 0.2) is 0 Å². The van der Waals surface area contributed by atoms with Crippen molar-refractivity contribution in [2.45, 2.75) is 57.1 Å². The number of carbonyl (C=O) groups is 2. The summed E-state index contributed by atoms with van der Waals surface area (Å²) in [5.74, 6) is -3.21. The minimum absolute atomic E-state index is 0. The molecule has 0 N–H and O–H groups in total. The minimum Gasteiger partial charge on any atom is -0.747 e. The number of hydrogen-bond acceptors (Lipinski definition) is 8. The van der Waals surface area contributed by atoms with Crippen LogP contribution in [0.4, 0.5) is 0 Å². The number of aliphatic carboxylic acids is 1. The van der Waals surface area contributed by atoms with Crippen LogP contribution in [0.5, 0.6) is 0 Å². The molecule has 0 aliphatic carbocycles. The second kappa shape index (κ2) is 18.2. The fourth-order valence-electron chi connectivity index (χ4n) is 1.84. The Kier molecular flexibility index (Phi) is 22.2. The Labute approximate surface area is 193 Å². The molecule has 0 heterocycles. The number of unbranched alkanes of at least 4 members (excludes halogenated alkanes) is 5. The molecule has 0 saturated heterocycles. The first-order valence-corrected chi connectivity index (χ1v) is 9.15. The fourth-order valence-corrected chi connectivity index (χ4v) is 2.48. The van der Waals surface area contributed by atoms with Crippen LogP contribution in [-0.2, 0) is 29.2 Å². The number of esters is 1. The second-order valence-corrected chi connectivity index (χ2v) is 6.66. The molecule has 0 amide bonds. The van der Waals surface area contributed by atoms with Gasteiger partial charge in [-0.3, -0.25) is 4.79 Å². The molecule has 0 aromatic heterocycles. The first kappa shape index (κ1) is 30.5. The van der Waals surface area contributed by atoms with Crippen molar-refractivity contribution < 1.29 is 96.3 Å².